The molecule has 338 valence electrons. The van der Waals surface area contributed by atoms with Gasteiger partial charge in [0, 0.05) is 12.4 Å². The van der Waals surface area contributed by atoms with Crippen molar-refractivity contribution in [2.75, 3.05) is 45.3 Å². The van der Waals surface area contributed by atoms with Crippen LogP contribution in [0.3, 0.4) is 0 Å². The molecule has 0 aliphatic carbocycles. The average Bonchev–Trinajstić information content (AvgIpc) is 3.27. The Balaban J connectivity index is 0.000000221. The number of aryl methyl sites for hydroxylation is 4. The molecule has 5 N–H and O–H groups in total. The number of aliphatic hydroxyl groups is 1. The monoisotopic (exact) mass is 984 g/mol. The van der Waals surface area contributed by atoms with Crippen LogP contribution in [0, 0.1) is 27.7 Å². The smallest absolute Gasteiger partial charge is 0.322 e. The van der Waals surface area contributed by atoms with Gasteiger partial charge in [-0.25, -0.2) is 39.3 Å². The van der Waals surface area contributed by atoms with Crippen molar-refractivity contribution in [2.45, 2.75) is 27.7 Å². The maximum absolute atomic E-state index is 12.9. The van der Waals surface area contributed by atoms with Crippen molar-refractivity contribution >= 4 is 59.4 Å². The summed E-state index contributed by atoms with van der Waals surface area (Å²) in [6.45, 7) is 7.82. The number of benzene rings is 4. The lowest BCUT2D eigenvalue weighted by molar-refractivity contribution is 0.197. The molecule has 7 aromatic rings. The van der Waals surface area contributed by atoms with E-state index < -0.39 is 20.4 Å². The molecule has 21 heteroatoms. The Kier molecular flexibility index (Phi) is 16.2. The van der Waals surface area contributed by atoms with Gasteiger partial charge in [-0.2, -0.15) is 16.8 Å². The summed E-state index contributed by atoms with van der Waals surface area (Å²) in [5.41, 5.74) is 7.11. The van der Waals surface area contributed by atoms with Crippen molar-refractivity contribution in [3.8, 4) is 40.0 Å². The van der Waals surface area contributed by atoms with E-state index in [0.717, 1.165) is 26.7 Å². The number of hydrogen-bond acceptors (Lipinski definition) is 14. The van der Waals surface area contributed by atoms with Gasteiger partial charge in [0.2, 0.25) is 11.8 Å². The number of ether oxygens (including phenoxy) is 3. The number of anilines is 4. The fraction of sp³-hybridized carbons (Fsp3) is 0.182. The molecular formula is C44H45BrN10O8S2. The van der Waals surface area contributed by atoms with Gasteiger partial charge in [-0.3, -0.25) is 9.44 Å². The first kappa shape index (κ1) is 47.5. The van der Waals surface area contributed by atoms with Crippen LogP contribution in [0.2, 0.25) is 0 Å². The molecule has 0 fully saturated rings. The fourth-order valence-corrected chi connectivity index (χ4v) is 7.74. The molecule has 0 aliphatic heterocycles. The molecule has 65 heavy (non-hydrogen) atoms. The third kappa shape index (κ3) is 14.3. The first-order valence-electron chi connectivity index (χ1n) is 19.7. The topological polar surface area (TPSA) is 242 Å². The Bertz CT molecular complexity index is 2880. The highest BCUT2D eigenvalue weighted by atomic mass is 79.9. The Morgan fingerprint density at radius 1 is 0.492 bits per heavy atom. The summed E-state index contributed by atoms with van der Waals surface area (Å²) in [7, 11) is -7.98. The molecule has 3 aromatic heterocycles. The Morgan fingerprint density at radius 3 is 1.26 bits per heavy atom. The van der Waals surface area contributed by atoms with Crippen molar-refractivity contribution in [1.82, 2.24) is 29.9 Å². The van der Waals surface area contributed by atoms with Crippen LogP contribution in [0.15, 0.2) is 127 Å². The maximum atomic E-state index is 12.9. The molecule has 0 spiro atoms. The Labute approximate surface area is 385 Å². The molecule has 4 aromatic carbocycles. The zero-order chi connectivity index (χ0) is 46.4. The highest BCUT2D eigenvalue weighted by molar-refractivity contribution is 9.10. The summed E-state index contributed by atoms with van der Waals surface area (Å²) in [5, 5.41) is 9.07. The van der Waals surface area contributed by atoms with E-state index in [1.807, 2.05) is 88.4 Å². The normalized spacial score (nSPS) is 11.1. The van der Waals surface area contributed by atoms with Crippen LogP contribution < -0.4 is 33.1 Å². The van der Waals surface area contributed by atoms with E-state index in [1.165, 1.54) is 12.7 Å². The standard InChI is InChI=1S/C24H23BrN6O4S.C20H22N4O4S/c1-16-3-7-18(8-4-16)21-22(31-36(32,33)30-20-9-5-17(2)6-10-20)28-15-29-23(21)34-11-12-35-24-26-13-19(25)14-27-24;1-14-3-7-16(8-4-14)18-19(21-13-22-20(18)28-12-11-25)24-29(26,27)23-17-9-5-15(2)6-10-17/h3-10,13-15,30H,11-12H2,1-2H3,(H,28,29,31);3-10,13,23,25H,11-12H2,1-2H3,(H,21,22,24). The van der Waals surface area contributed by atoms with Crippen LogP contribution in [-0.2, 0) is 20.4 Å². The van der Waals surface area contributed by atoms with Crippen LogP contribution in [0.4, 0.5) is 23.0 Å². The number of halogens is 1. The maximum Gasteiger partial charge on any atom is 0.322 e. The molecule has 3 heterocycles. The molecular weight excluding hydrogens is 941 g/mol. The SMILES string of the molecule is Cc1ccc(NS(=O)(=O)Nc2ncnc(OCCO)c2-c2ccc(C)cc2)cc1.Cc1ccc(NS(=O)(=O)Nc2ncnc(OCCOc3ncc(Br)cn3)c2-c2ccc(C)cc2)cc1. The van der Waals surface area contributed by atoms with Crippen LogP contribution in [0.5, 0.6) is 17.8 Å². The third-order valence-corrected chi connectivity index (χ3v) is 11.2. The first-order valence-corrected chi connectivity index (χ1v) is 23.5. The van der Waals surface area contributed by atoms with Crippen molar-refractivity contribution in [3.63, 3.8) is 0 Å². The fourth-order valence-electron chi connectivity index (χ4n) is 5.72. The molecule has 7 rings (SSSR count). The zero-order valence-electron chi connectivity index (χ0n) is 35.6. The van der Waals surface area contributed by atoms with Gasteiger partial charge in [-0.05, 0) is 79.0 Å². The van der Waals surface area contributed by atoms with Crippen LogP contribution in [0.25, 0.3) is 22.3 Å². The van der Waals surface area contributed by atoms with Gasteiger partial charge in [-0.15, -0.1) is 0 Å². The van der Waals surface area contributed by atoms with Crippen LogP contribution >= 0.6 is 15.9 Å². The number of nitrogens with one attached hydrogen (secondary N) is 4. The number of aliphatic hydroxyl groups excluding tert-OH is 1. The van der Waals surface area contributed by atoms with E-state index >= 15 is 0 Å². The number of hydrogen-bond donors (Lipinski definition) is 5. The van der Waals surface area contributed by atoms with Gasteiger partial charge in [0.15, 0.2) is 11.6 Å². The quantitative estimate of drug-likeness (QED) is 0.0525. The Hall–Kier alpha value is -6.94. The Morgan fingerprint density at radius 2 is 0.862 bits per heavy atom. The van der Waals surface area contributed by atoms with Crippen LogP contribution in [0.1, 0.15) is 22.3 Å². The number of rotatable bonds is 18. The van der Waals surface area contributed by atoms with Crippen molar-refractivity contribution in [1.29, 1.82) is 0 Å². The average molecular weight is 986 g/mol. The molecule has 0 unspecified atom stereocenters. The van der Waals surface area contributed by atoms with Gasteiger partial charge in [0.1, 0.15) is 32.5 Å². The van der Waals surface area contributed by atoms with E-state index in [0.29, 0.717) is 33.6 Å². The van der Waals surface area contributed by atoms with Gasteiger partial charge in [0.25, 0.3) is 0 Å². The van der Waals surface area contributed by atoms with E-state index in [1.54, 1.807) is 48.8 Å². The lowest BCUT2D eigenvalue weighted by atomic mass is 10.1. The van der Waals surface area contributed by atoms with Crippen molar-refractivity contribution in [3.05, 3.63) is 149 Å². The molecule has 0 amide bonds. The van der Waals surface area contributed by atoms with Gasteiger partial charge in [0.05, 0.1) is 33.6 Å². The number of nitrogens with zero attached hydrogens (tertiary/aromatic N) is 6. The first-order chi connectivity index (χ1) is 31.2. The second-order valence-electron chi connectivity index (χ2n) is 14.1. The third-order valence-electron chi connectivity index (χ3n) is 8.86. The zero-order valence-corrected chi connectivity index (χ0v) is 38.8. The molecule has 0 radical (unpaired) electrons. The molecule has 0 saturated heterocycles. The predicted octanol–water partition coefficient (Wildman–Crippen LogP) is 7.44. The van der Waals surface area contributed by atoms with Crippen LogP contribution in [-0.4, -0.2) is 78.3 Å². The summed E-state index contributed by atoms with van der Waals surface area (Å²) < 4.78 is 78.6. The van der Waals surface area contributed by atoms with E-state index in [9.17, 15) is 16.8 Å². The lowest BCUT2D eigenvalue weighted by Crippen LogP contribution is -2.23. The number of aromatic nitrogens is 6. The van der Waals surface area contributed by atoms with Gasteiger partial charge >= 0.3 is 26.4 Å². The summed E-state index contributed by atoms with van der Waals surface area (Å²) in [6.07, 6.45) is 5.59. The molecule has 0 saturated carbocycles. The second-order valence-corrected chi connectivity index (χ2v) is 17.9. The second kappa shape index (κ2) is 22.1. The molecule has 0 bridgehead atoms. The lowest BCUT2D eigenvalue weighted by Gasteiger charge is -2.16. The van der Waals surface area contributed by atoms with Gasteiger partial charge in [-0.1, -0.05) is 95.1 Å². The van der Waals surface area contributed by atoms with Crippen molar-refractivity contribution < 1.29 is 36.2 Å². The summed E-state index contributed by atoms with van der Waals surface area (Å²) >= 11 is 3.27. The molecule has 0 aliphatic rings. The highest BCUT2D eigenvalue weighted by Crippen LogP contribution is 2.36. The largest absolute Gasteiger partial charge is 0.475 e. The summed E-state index contributed by atoms with van der Waals surface area (Å²) in [6, 6.07) is 29.1. The van der Waals surface area contributed by atoms with Crippen molar-refractivity contribution in [2.24, 2.45) is 0 Å². The van der Waals surface area contributed by atoms with E-state index in [-0.39, 0.29) is 55.8 Å². The predicted molar refractivity (Wildman–Crippen MR) is 252 cm³/mol. The van der Waals surface area contributed by atoms with E-state index in [4.69, 9.17) is 19.3 Å². The summed E-state index contributed by atoms with van der Waals surface area (Å²) in [4.78, 5) is 24.7. The highest BCUT2D eigenvalue weighted by Gasteiger charge is 2.22. The summed E-state index contributed by atoms with van der Waals surface area (Å²) in [5.74, 6) is 0.505. The minimum atomic E-state index is -4.01. The van der Waals surface area contributed by atoms with Gasteiger partial charge < -0.3 is 19.3 Å². The molecule has 18 nitrogen and oxygen atoms in total. The minimum Gasteiger partial charge on any atom is -0.475 e. The molecule has 0 atom stereocenters. The minimum absolute atomic E-state index is 0.0175. The van der Waals surface area contributed by atoms with E-state index in [2.05, 4.69) is 64.7 Å².